The third-order valence-electron chi connectivity index (χ3n) is 1.96. The van der Waals surface area contributed by atoms with Crippen LogP contribution in [0.25, 0.3) is 0 Å². The van der Waals surface area contributed by atoms with Crippen LogP contribution in [-0.2, 0) is 0 Å². The van der Waals surface area contributed by atoms with Gasteiger partial charge in [-0.25, -0.2) is 19.9 Å². The van der Waals surface area contributed by atoms with E-state index in [0.717, 1.165) is 11.8 Å². The quantitative estimate of drug-likeness (QED) is 0.501. The predicted octanol–water partition coefficient (Wildman–Crippen LogP) is 1.37. The first-order valence-electron chi connectivity index (χ1n) is 4.83. The Morgan fingerprint density at radius 3 is 2.78 bits per heavy atom. The molecule has 0 unspecified atom stereocenters. The van der Waals surface area contributed by atoms with E-state index in [-0.39, 0.29) is 16.5 Å². The van der Waals surface area contributed by atoms with E-state index in [4.69, 9.17) is 0 Å². The zero-order valence-electron chi connectivity index (χ0n) is 9.27. The number of rotatable bonds is 4. The molecule has 2 aromatic heterocycles. The second-order valence-electron chi connectivity index (χ2n) is 3.03. The van der Waals surface area contributed by atoms with Gasteiger partial charge in [0.05, 0.1) is 4.92 Å². The number of hydrogen-bond donors (Lipinski definition) is 1. The van der Waals surface area contributed by atoms with E-state index >= 15 is 0 Å². The zero-order valence-corrected chi connectivity index (χ0v) is 10.1. The summed E-state index contributed by atoms with van der Waals surface area (Å²) in [5, 5.41) is 14.5. The van der Waals surface area contributed by atoms with Gasteiger partial charge in [0.2, 0.25) is 5.82 Å². The van der Waals surface area contributed by atoms with Crippen molar-refractivity contribution in [1.29, 1.82) is 0 Å². The van der Waals surface area contributed by atoms with Crippen LogP contribution in [0.3, 0.4) is 0 Å². The largest absolute Gasteiger partial charge is 0.367 e. The van der Waals surface area contributed by atoms with E-state index in [2.05, 4.69) is 25.3 Å². The zero-order chi connectivity index (χ0) is 13.0. The van der Waals surface area contributed by atoms with Gasteiger partial charge in [0, 0.05) is 13.2 Å². The molecule has 0 radical (unpaired) electrons. The maximum atomic E-state index is 11.0. The first kappa shape index (κ1) is 12.2. The summed E-state index contributed by atoms with van der Waals surface area (Å²) in [4.78, 5) is 26.0. The summed E-state index contributed by atoms with van der Waals surface area (Å²) < 4.78 is 0. The van der Waals surface area contributed by atoms with Gasteiger partial charge in [-0.15, -0.1) is 0 Å². The van der Waals surface area contributed by atoms with Gasteiger partial charge in [0.15, 0.2) is 5.03 Å². The molecule has 1 N–H and O–H groups in total. The SMILES string of the molecule is CNc1ncnc(Sc2ccncn2)c1[N+](=O)[O-]. The Bertz CT molecular complexity index is 564. The van der Waals surface area contributed by atoms with Crippen molar-refractivity contribution < 1.29 is 4.92 Å². The molecule has 0 amide bonds. The van der Waals surface area contributed by atoms with Crippen molar-refractivity contribution in [2.75, 3.05) is 12.4 Å². The summed E-state index contributed by atoms with van der Waals surface area (Å²) >= 11 is 1.09. The molecule has 0 bridgehead atoms. The third kappa shape index (κ3) is 2.51. The van der Waals surface area contributed by atoms with E-state index < -0.39 is 4.92 Å². The van der Waals surface area contributed by atoms with Crippen LogP contribution in [0.2, 0.25) is 0 Å². The van der Waals surface area contributed by atoms with Gasteiger partial charge < -0.3 is 5.32 Å². The van der Waals surface area contributed by atoms with E-state index in [1.807, 2.05) is 0 Å². The Hall–Kier alpha value is -2.29. The summed E-state index contributed by atoms with van der Waals surface area (Å²) in [6.07, 6.45) is 4.19. The molecule has 0 aliphatic carbocycles. The highest BCUT2D eigenvalue weighted by Gasteiger charge is 2.23. The number of aromatic nitrogens is 4. The Morgan fingerprint density at radius 2 is 2.17 bits per heavy atom. The van der Waals surface area contributed by atoms with Gasteiger partial charge in [-0.05, 0) is 17.8 Å². The minimum atomic E-state index is -0.518. The molecule has 0 saturated carbocycles. The monoisotopic (exact) mass is 264 g/mol. The molecule has 0 aliphatic rings. The molecule has 2 aromatic rings. The molecule has 2 rings (SSSR count). The number of nitrogens with zero attached hydrogens (tertiary/aromatic N) is 5. The highest BCUT2D eigenvalue weighted by atomic mass is 32.2. The van der Waals surface area contributed by atoms with E-state index in [1.165, 1.54) is 12.7 Å². The second kappa shape index (κ2) is 5.36. The smallest absolute Gasteiger partial charge is 0.343 e. The fourth-order valence-electron chi connectivity index (χ4n) is 1.22. The molecule has 8 nitrogen and oxygen atoms in total. The second-order valence-corrected chi connectivity index (χ2v) is 4.04. The first-order chi connectivity index (χ1) is 8.72. The molecule has 0 saturated heterocycles. The number of nitro groups is 1. The number of hydrogen-bond acceptors (Lipinski definition) is 8. The van der Waals surface area contributed by atoms with Crippen LogP contribution in [0.1, 0.15) is 0 Å². The standard InChI is InChI=1S/C9H8N6O2S/c1-10-8-7(15(16)17)9(14-5-13-8)18-6-2-3-11-4-12-6/h2-5H,1H3,(H,10,13,14). The lowest BCUT2D eigenvalue weighted by atomic mass is 10.5. The van der Waals surface area contributed by atoms with Crippen molar-refractivity contribution in [1.82, 2.24) is 19.9 Å². The van der Waals surface area contributed by atoms with Gasteiger partial charge >= 0.3 is 5.69 Å². The van der Waals surface area contributed by atoms with E-state index in [0.29, 0.717) is 5.03 Å². The minimum Gasteiger partial charge on any atom is -0.367 e. The van der Waals surface area contributed by atoms with Crippen LogP contribution in [0, 0.1) is 10.1 Å². The summed E-state index contributed by atoms with van der Waals surface area (Å²) in [5.41, 5.74) is -0.163. The highest BCUT2D eigenvalue weighted by Crippen LogP contribution is 2.34. The maximum absolute atomic E-state index is 11.0. The van der Waals surface area contributed by atoms with Gasteiger partial charge in [-0.3, -0.25) is 10.1 Å². The molecule has 0 spiro atoms. The topological polar surface area (TPSA) is 107 Å². The normalized spacial score (nSPS) is 10.1. The first-order valence-corrected chi connectivity index (χ1v) is 5.65. The molecule has 0 fully saturated rings. The van der Waals surface area contributed by atoms with Gasteiger partial charge in [-0.1, -0.05) is 0 Å². The van der Waals surface area contributed by atoms with Crippen LogP contribution in [-0.4, -0.2) is 31.9 Å². The van der Waals surface area contributed by atoms with Gasteiger partial charge in [-0.2, -0.15) is 0 Å². The Kier molecular flexibility index (Phi) is 3.63. The lowest BCUT2D eigenvalue weighted by Gasteiger charge is -2.04. The molecule has 0 atom stereocenters. The lowest BCUT2D eigenvalue weighted by molar-refractivity contribution is -0.387. The minimum absolute atomic E-state index is 0.163. The summed E-state index contributed by atoms with van der Waals surface area (Å²) in [5.74, 6) is 0.173. The summed E-state index contributed by atoms with van der Waals surface area (Å²) in [6, 6.07) is 1.65. The molecular weight excluding hydrogens is 256 g/mol. The van der Waals surface area contributed by atoms with Crippen LogP contribution in [0.4, 0.5) is 11.5 Å². The van der Waals surface area contributed by atoms with Crippen LogP contribution in [0.15, 0.2) is 35.0 Å². The van der Waals surface area contributed by atoms with Crippen molar-refractivity contribution in [3.63, 3.8) is 0 Å². The fraction of sp³-hybridized carbons (Fsp3) is 0.111. The molecule has 92 valence electrons. The average molecular weight is 264 g/mol. The van der Waals surface area contributed by atoms with Crippen LogP contribution < -0.4 is 5.32 Å². The molecule has 2 heterocycles. The third-order valence-corrected chi connectivity index (χ3v) is 2.91. The molecule has 18 heavy (non-hydrogen) atoms. The van der Waals surface area contributed by atoms with Crippen molar-refractivity contribution in [3.05, 3.63) is 35.0 Å². The predicted molar refractivity (Wildman–Crippen MR) is 64.4 cm³/mol. The Balaban J connectivity index is 2.42. The molecule has 0 aromatic carbocycles. The molecular formula is C9H8N6O2S. The summed E-state index contributed by atoms with van der Waals surface area (Å²) in [7, 11) is 1.56. The van der Waals surface area contributed by atoms with Crippen LogP contribution in [0.5, 0.6) is 0 Å². The van der Waals surface area contributed by atoms with Crippen molar-refractivity contribution in [2.45, 2.75) is 10.1 Å². The Morgan fingerprint density at radius 1 is 1.33 bits per heavy atom. The van der Waals surface area contributed by atoms with Gasteiger partial charge in [0.25, 0.3) is 0 Å². The van der Waals surface area contributed by atoms with Crippen molar-refractivity contribution in [3.8, 4) is 0 Å². The van der Waals surface area contributed by atoms with E-state index in [9.17, 15) is 10.1 Å². The van der Waals surface area contributed by atoms with Crippen molar-refractivity contribution in [2.24, 2.45) is 0 Å². The molecule has 9 heteroatoms. The van der Waals surface area contributed by atoms with E-state index in [1.54, 1.807) is 19.3 Å². The number of anilines is 1. The summed E-state index contributed by atoms with van der Waals surface area (Å²) in [6.45, 7) is 0. The lowest BCUT2D eigenvalue weighted by Crippen LogP contribution is -2.02. The molecule has 0 aliphatic heterocycles. The maximum Gasteiger partial charge on any atom is 0.343 e. The van der Waals surface area contributed by atoms with Crippen LogP contribution >= 0.6 is 11.8 Å². The van der Waals surface area contributed by atoms with Gasteiger partial charge in [0.1, 0.15) is 17.7 Å². The Labute approximate surface area is 106 Å². The van der Waals surface area contributed by atoms with Crippen molar-refractivity contribution >= 4 is 23.3 Å². The number of nitrogens with one attached hydrogen (secondary N) is 1. The highest BCUT2D eigenvalue weighted by molar-refractivity contribution is 7.99. The fourth-order valence-corrected chi connectivity index (χ4v) is 2.02. The average Bonchev–Trinajstić information content (AvgIpc) is 2.39.